The standard InChI is InChI=1S/C14H19NO3.C9H12OS/c1-9(2)8-13(16)15-10(3)11-4-6-12(7-5-11)14(17)18;1-2-11-9-5-3-4-8(6-9)7-10/h4-7,9-10H,8H2,1-3H3,(H,15,16)(H,17,18);3-6,10H,2,7H2,1H3. The summed E-state index contributed by atoms with van der Waals surface area (Å²) in [6, 6.07) is 14.4. The Balaban J connectivity index is 0.000000326. The first-order chi connectivity index (χ1) is 13.8. The SMILES string of the molecule is CC(C)CC(=O)NC(C)c1ccc(C(=O)O)cc1.CCSc1cccc(CO)c1. The Morgan fingerprint density at radius 3 is 2.24 bits per heavy atom. The van der Waals surface area contributed by atoms with Gasteiger partial charge < -0.3 is 15.5 Å². The minimum absolute atomic E-state index is 0.0137. The van der Waals surface area contributed by atoms with Crippen LogP contribution in [0, 0.1) is 5.92 Å². The fourth-order valence-corrected chi connectivity index (χ4v) is 3.31. The molecule has 29 heavy (non-hydrogen) atoms. The molecule has 0 aliphatic heterocycles. The number of nitrogens with one attached hydrogen (secondary N) is 1. The van der Waals surface area contributed by atoms with Crippen LogP contribution < -0.4 is 5.32 Å². The Hall–Kier alpha value is -2.31. The highest BCUT2D eigenvalue weighted by molar-refractivity contribution is 7.99. The molecule has 0 fully saturated rings. The Morgan fingerprint density at radius 2 is 1.72 bits per heavy atom. The highest BCUT2D eigenvalue weighted by atomic mass is 32.2. The number of carbonyl (C=O) groups excluding carboxylic acids is 1. The number of hydrogen-bond acceptors (Lipinski definition) is 4. The topological polar surface area (TPSA) is 86.6 Å². The summed E-state index contributed by atoms with van der Waals surface area (Å²) in [5.74, 6) is 0.471. The first-order valence-corrected chi connectivity index (χ1v) is 10.7. The fourth-order valence-electron chi connectivity index (χ4n) is 2.57. The van der Waals surface area contributed by atoms with Crippen LogP contribution in [-0.2, 0) is 11.4 Å². The van der Waals surface area contributed by atoms with Crippen LogP contribution in [0.25, 0.3) is 0 Å². The molecule has 2 rings (SSSR count). The minimum atomic E-state index is -0.946. The van der Waals surface area contributed by atoms with Crippen molar-refractivity contribution in [3.8, 4) is 0 Å². The molecule has 2 aromatic carbocycles. The Bertz CT molecular complexity index is 775. The van der Waals surface area contributed by atoms with E-state index in [1.54, 1.807) is 36.0 Å². The molecule has 3 N–H and O–H groups in total. The Kier molecular flexibility index (Phi) is 11.1. The van der Waals surface area contributed by atoms with Crippen molar-refractivity contribution in [2.75, 3.05) is 5.75 Å². The lowest BCUT2D eigenvalue weighted by Crippen LogP contribution is -2.27. The van der Waals surface area contributed by atoms with Gasteiger partial charge in [0.2, 0.25) is 5.91 Å². The predicted octanol–water partition coefficient (Wildman–Crippen LogP) is 4.90. The fraction of sp³-hybridized carbons (Fsp3) is 0.391. The zero-order valence-electron chi connectivity index (χ0n) is 17.5. The molecule has 1 amide bonds. The van der Waals surface area contributed by atoms with Crippen LogP contribution in [0.5, 0.6) is 0 Å². The Labute approximate surface area is 177 Å². The maximum Gasteiger partial charge on any atom is 0.335 e. The van der Waals surface area contributed by atoms with E-state index in [0.717, 1.165) is 16.9 Å². The molecule has 0 aliphatic rings. The third kappa shape index (κ3) is 9.63. The van der Waals surface area contributed by atoms with Crippen LogP contribution in [0.3, 0.4) is 0 Å². The number of rotatable bonds is 8. The molecule has 0 saturated carbocycles. The molecular weight excluding hydrogens is 386 g/mol. The van der Waals surface area contributed by atoms with E-state index in [0.29, 0.717) is 12.3 Å². The van der Waals surface area contributed by atoms with E-state index in [1.165, 1.54) is 4.90 Å². The van der Waals surface area contributed by atoms with E-state index >= 15 is 0 Å². The summed E-state index contributed by atoms with van der Waals surface area (Å²) in [6.07, 6.45) is 0.498. The maximum atomic E-state index is 11.6. The van der Waals surface area contributed by atoms with Crippen molar-refractivity contribution < 1.29 is 19.8 Å². The van der Waals surface area contributed by atoms with Crippen molar-refractivity contribution in [1.82, 2.24) is 5.32 Å². The zero-order chi connectivity index (χ0) is 21.8. The van der Waals surface area contributed by atoms with Gasteiger partial charge in [0, 0.05) is 11.3 Å². The molecule has 0 radical (unpaired) electrons. The van der Waals surface area contributed by atoms with Crippen LogP contribution >= 0.6 is 11.8 Å². The summed E-state index contributed by atoms with van der Waals surface area (Å²) in [7, 11) is 0. The Morgan fingerprint density at radius 1 is 1.07 bits per heavy atom. The number of hydrogen-bond donors (Lipinski definition) is 3. The molecule has 2 aromatic rings. The molecule has 0 bridgehead atoms. The van der Waals surface area contributed by atoms with Gasteiger partial charge >= 0.3 is 5.97 Å². The normalized spacial score (nSPS) is 11.4. The summed E-state index contributed by atoms with van der Waals surface area (Å²) >= 11 is 1.79. The van der Waals surface area contributed by atoms with Gasteiger partial charge in [0.1, 0.15) is 0 Å². The molecule has 6 heteroatoms. The van der Waals surface area contributed by atoms with Gasteiger partial charge in [-0.05, 0) is 54.0 Å². The number of amides is 1. The van der Waals surface area contributed by atoms with Gasteiger partial charge in [0.05, 0.1) is 18.2 Å². The van der Waals surface area contributed by atoms with Crippen molar-refractivity contribution in [1.29, 1.82) is 0 Å². The third-order valence-corrected chi connectivity index (χ3v) is 4.90. The van der Waals surface area contributed by atoms with E-state index in [-0.39, 0.29) is 24.1 Å². The minimum Gasteiger partial charge on any atom is -0.478 e. The van der Waals surface area contributed by atoms with Crippen molar-refractivity contribution in [3.63, 3.8) is 0 Å². The van der Waals surface area contributed by atoms with Crippen LogP contribution in [-0.4, -0.2) is 27.8 Å². The summed E-state index contributed by atoms with van der Waals surface area (Å²) in [5.41, 5.74) is 2.14. The lowest BCUT2D eigenvalue weighted by molar-refractivity contribution is -0.122. The van der Waals surface area contributed by atoms with Crippen molar-refractivity contribution in [3.05, 3.63) is 65.2 Å². The van der Waals surface area contributed by atoms with Gasteiger partial charge in [0.15, 0.2) is 0 Å². The van der Waals surface area contributed by atoms with E-state index in [2.05, 4.69) is 18.3 Å². The van der Waals surface area contributed by atoms with Crippen molar-refractivity contribution >= 4 is 23.6 Å². The van der Waals surface area contributed by atoms with E-state index in [9.17, 15) is 9.59 Å². The number of aliphatic hydroxyl groups excluding tert-OH is 1. The van der Waals surface area contributed by atoms with Gasteiger partial charge in [-0.3, -0.25) is 4.79 Å². The monoisotopic (exact) mass is 417 g/mol. The molecule has 158 valence electrons. The quantitative estimate of drug-likeness (QED) is 0.532. The predicted molar refractivity (Wildman–Crippen MR) is 118 cm³/mol. The number of benzene rings is 2. The van der Waals surface area contributed by atoms with Gasteiger partial charge in [-0.15, -0.1) is 11.8 Å². The number of carbonyl (C=O) groups is 2. The molecular formula is C23H31NO4S. The maximum absolute atomic E-state index is 11.6. The number of aliphatic hydroxyl groups is 1. The highest BCUT2D eigenvalue weighted by Gasteiger charge is 2.11. The van der Waals surface area contributed by atoms with Gasteiger partial charge in [-0.2, -0.15) is 0 Å². The van der Waals surface area contributed by atoms with Crippen LogP contribution in [0.4, 0.5) is 0 Å². The van der Waals surface area contributed by atoms with Crippen LogP contribution in [0.1, 0.15) is 61.6 Å². The van der Waals surface area contributed by atoms with Crippen molar-refractivity contribution in [2.24, 2.45) is 5.92 Å². The number of carboxylic acids is 1. The molecule has 0 heterocycles. The summed E-state index contributed by atoms with van der Waals surface area (Å²) in [5, 5.41) is 20.5. The number of carboxylic acid groups (broad SMARTS) is 1. The van der Waals surface area contributed by atoms with E-state index < -0.39 is 5.97 Å². The van der Waals surface area contributed by atoms with Crippen LogP contribution in [0.2, 0.25) is 0 Å². The number of aromatic carboxylic acids is 1. The third-order valence-electron chi connectivity index (χ3n) is 4.02. The van der Waals surface area contributed by atoms with Gasteiger partial charge in [-0.25, -0.2) is 4.79 Å². The molecule has 0 spiro atoms. The molecule has 1 atom stereocenters. The molecule has 5 nitrogen and oxygen atoms in total. The average Bonchev–Trinajstić information content (AvgIpc) is 2.68. The zero-order valence-corrected chi connectivity index (χ0v) is 18.3. The summed E-state index contributed by atoms with van der Waals surface area (Å²) in [4.78, 5) is 23.6. The second kappa shape index (κ2) is 13.0. The molecule has 0 saturated heterocycles. The molecule has 0 aliphatic carbocycles. The van der Waals surface area contributed by atoms with Crippen molar-refractivity contribution in [2.45, 2.75) is 51.7 Å². The first kappa shape index (κ1) is 24.7. The number of thioether (sulfide) groups is 1. The average molecular weight is 418 g/mol. The molecule has 0 aromatic heterocycles. The second-order valence-corrected chi connectivity index (χ2v) is 8.39. The summed E-state index contributed by atoms with van der Waals surface area (Å²) < 4.78 is 0. The van der Waals surface area contributed by atoms with Gasteiger partial charge in [-0.1, -0.05) is 45.0 Å². The van der Waals surface area contributed by atoms with E-state index in [1.807, 2.05) is 39.0 Å². The first-order valence-electron chi connectivity index (χ1n) is 9.72. The van der Waals surface area contributed by atoms with Crippen LogP contribution in [0.15, 0.2) is 53.4 Å². The van der Waals surface area contributed by atoms with E-state index in [4.69, 9.17) is 10.2 Å². The highest BCUT2D eigenvalue weighted by Crippen LogP contribution is 2.18. The summed E-state index contributed by atoms with van der Waals surface area (Å²) in [6.45, 7) is 8.13. The lowest BCUT2D eigenvalue weighted by atomic mass is 10.1. The second-order valence-electron chi connectivity index (χ2n) is 7.05. The van der Waals surface area contributed by atoms with Gasteiger partial charge in [0.25, 0.3) is 0 Å². The molecule has 1 unspecified atom stereocenters. The smallest absolute Gasteiger partial charge is 0.335 e. The lowest BCUT2D eigenvalue weighted by Gasteiger charge is -2.15. The largest absolute Gasteiger partial charge is 0.478 e.